The Morgan fingerprint density at radius 1 is 1.35 bits per heavy atom. The predicted octanol–water partition coefficient (Wildman–Crippen LogP) is 1.24. The quantitative estimate of drug-likeness (QED) is 0.830. The van der Waals surface area contributed by atoms with E-state index in [1.54, 1.807) is 10.7 Å². The van der Waals surface area contributed by atoms with Crippen molar-refractivity contribution in [3.63, 3.8) is 0 Å². The van der Waals surface area contributed by atoms with E-state index in [0.717, 1.165) is 5.69 Å². The van der Waals surface area contributed by atoms with Crippen molar-refractivity contribution in [2.75, 3.05) is 12.8 Å². The lowest BCUT2D eigenvalue weighted by Crippen LogP contribution is -2.19. The standard InChI is InChI=1S/C13H16N4O2S/c1-15-20(18,19)10-4-5-11(14)13(8-10)17-7-6-12(16-17)9-2-3-9/h4-9,15H,2-3,14H2,1H3. The van der Waals surface area contributed by atoms with Gasteiger partial charge in [0.15, 0.2) is 0 Å². The van der Waals surface area contributed by atoms with E-state index in [0.29, 0.717) is 17.3 Å². The lowest BCUT2D eigenvalue weighted by atomic mass is 10.3. The number of anilines is 1. The van der Waals surface area contributed by atoms with Crippen LogP contribution in [0.3, 0.4) is 0 Å². The van der Waals surface area contributed by atoms with Crippen LogP contribution < -0.4 is 10.5 Å². The number of hydrogen-bond donors (Lipinski definition) is 2. The van der Waals surface area contributed by atoms with Gasteiger partial charge in [-0.1, -0.05) is 0 Å². The predicted molar refractivity (Wildman–Crippen MR) is 76.2 cm³/mol. The van der Waals surface area contributed by atoms with E-state index in [-0.39, 0.29) is 4.90 Å². The van der Waals surface area contributed by atoms with E-state index < -0.39 is 10.0 Å². The Kier molecular flexibility index (Phi) is 3.02. The van der Waals surface area contributed by atoms with Gasteiger partial charge in [-0.3, -0.25) is 0 Å². The highest BCUT2D eigenvalue weighted by Crippen LogP contribution is 2.39. The minimum Gasteiger partial charge on any atom is -0.397 e. The first kappa shape index (κ1) is 13.1. The minimum atomic E-state index is -3.49. The molecule has 0 atom stereocenters. The zero-order valence-electron chi connectivity index (χ0n) is 11.1. The molecule has 7 heteroatoms. The summed E-state index contributed by atoms with van der Waals surface area (Å²) in [6, 6.07) is 6.55. The molecule has 1 fully saturated rings. The Morgan fingerprint density at radius 3 is 2.75 bits per heavy atom. The minimum absolute atomic E-state index is 0.174. The molecule has 1 heterocycles. The van der Waals surface area contributed by atoms with Crippen LogP contribution >= 0.6 is 0 Å². The molecular formula is C13H16N4O2S. The van der Waals surface area contributed by atoms with Gasteiger partial charge >= 0.3 is 0 Å². The summed E-state index contributed by atoms with van der Waals surface area (Å²) in [7, 11) is -2.11. The molecule has 2 aromatic rings. The second-order valence-corrected chi connectivity index (χ2v) is 6.77. The normalized spacial score (nSPS) is 15.4. The van der Waals surface area contributed by atoms with E-state index in [1.807, 2.05) is 12.3 Å². The third-order valence-electron chi connectivity index (χ3n) is 3.43. The molecule has 0 spiro atoms. The lowest BCUT2D eigenvalue weighted by Gasteiger charge is -2.09. The van der Waals surface area contributed by atoms with Crippen LogP contribution in [0.15, 0.2) is 35.4 Å². The van der Waals surface area contributed by atoms with Crippen LogP contribution in [0.4, 0.5) is 5.69 Å². The van der Waals surface area contributed by atoms with Crippen LogP contribution in [0, 0.1) is 0 Å². The summed E-state index contributed by atoms with van der Waals surface area (Å²) in [4.78, 5) is 0.174. The van der Waals surface area contributed by atoms with Gasteiger partial charge < -0.3 is 5.73 Å². The first-order chi connectivity index (χ1) is 9.51. The molecule has 3 rings (SSSR count). The maximum absolute atomic E-state index is 11.8. The molecule has 1 saturated carbocycles. The fourth-order valence-corrected chi connectivity index (χ4v) is 2.83. The third-order valence-corrected chi connectivity index (χ3v) is 4.85. The number of rotatable bonds is 4. The van der Waals surface area contributed by atoms with Crippen LogP contribution in [0.5, 0.6) is 0 Å². The van der Waals surface area contributed by atoms with Crippen molar-refractivity contribution in [2.24, 2.45) is 0 Å². The Labute approximate surface area is 117 Å². The maximum Gasteiger partial charge on any atom is 0.240 e. The van der Waals surface area contributed by atoms with Gasteiger partial charge in [-0.2, -0.15) is 5.10 Å². The fourth-order valence-electron chi connectivity index (χ4n) is 2.08. The smallest absolute Gasteiger partial charge is 0.240 e. The van der Waals surface area contributed by atoms with Crippen LogP contribution in [-0.2, 0) is 10.0 Å². The summed E-state index contributed by atoms with van der Waals surface area (Å²) >= 11 is 0. The summed E-state index contributed by atoms with van der Waals surface area (Å²) in [5.74, 6) is 0.543. The fraction of sp³-hybridized carbons (Fsp3) is 0.308. The Bertz CT molecular complexity index is 747. The molecule has 1 aliphatic carbocycles. The Hall–Kier alpha value is -1.86. The summed E-state index contributed by atoms with van der Waals surface area (Å²) < 4.78 is 27.6. The zero-order valence-corrected chi connectivity index (χ0v) is 11.9. The second-order valence-electron chi connectivity index (χ2n) is 4.89. The average molecular weight is 292 g/mol. The van der Waals surface area contributed by atoms with Gasteiger partial charge in [-0.15, -0.1) is 0 Å². The molecule has 6 nitrogen and oxygen atoms in total. The highest BCUT2D eigenvalue weighted by molar-refractivity contribution is 7.89. The van der Waals surface area contributed by atoms with E-state index in [1.165, 1.54) is 32.0 Å². The van der Waals surface area contributed by atoms with Crippen molar-refractivity contribution in [3.8, 4) is 5.69 Å². The molecule has 3 N–H and O–H groups in total. The first-order valence-electron chi connectivity index (χ1n) is 6.40. The summed E-state index contributed by atoms with van der Waals surface area (Å²) in [6.45, 7) is 0. The molecule has 20 heavy (non-hydrogen) atoms. The highest BCUT2D eigenvalue weighted by Gasteiger charge is 2.26. The largest absolute Gasteiger partial charge is 0.397 e. The number of benzene rings is 1. The van der Waals surface area contributed by atoms with Crippen LogP contribution in [0.25, 0.3) is 5.69 Å². The molecule has 0 radical (unpaired) electrons. The Balaban J connectivity index is 2.05. The molecule has 1 aliphatic rings. The van der Waals surface area contributed by atoms with E-state index in [4.69, 9.17) is 5.73 Å². The number of nitrogens with one attached hydrogen (secondary N) is 1. The third kappa shape index (κ3) is 2.30. The maximum atomic E-state index is 11.8. The van der Waals surface area contributed by atoms with Gasteiger partial charge in [0.25, 0.3) is 0 Å². The monoisotopic (exact) mass is 292 g/mol. The van der Waals surface area contributed by atoms with Crippen molar-refractivity contribution in [2.45, 2.75) is 23.7 Å². The van der Waals surface area contributed by atoms with Gasteiger partial charge in [0.05, 0.1) is 22.0 Å². The van der Waals surface area contributed by atoms with Crippen molar-refractivity contribution < 1.29 is 8.42 Å². The molecule has 0 saturated heterocycles. The van der Waals surface area contributed by atoms with Crippen molar-refractivity contribution in [3.05, 3.63) is 36.2 Å². The number of hydrogen-bond acceptors (Lipinski definition) is 4. The van der Waals surface area contributed by atoms with Gasteiger partial charge in [0.2, 0.25) is 10.0 Å². The molecule has 0 unspecified atom stereocenters. The molecule has 0 aliphatic heterocycles. The van der Waals surface area contributed by atoms with Gasteiger partial charge in [-0.25, -0.2) is 17.8 Å². The van der Waals surface area contributed by atoms with Crippen molar-refractivity contribution >= 4 is 15.7 Å². The van der Waals surface area contributed by atoms with Gasteiger partial charge in [0, 0.05) is 12.1 Å². The summed E-state index contributed by atoms with van der Waals surface area (Å²) in [5.41, 5.74) is 8.03. The second kappa shape index (κ2) is 4.60. The topological polar surface area (TPSA) is 90.0 Å². The number of nitrogen functional groups attached to an aromatic ring is 1. The summed E-state index contributed by atoms with van der Waals surface area (Å²) in [5, 5.41) is 4.47. The van der Waals surface area contributed by atoms with Crippen LogP contribution in [0.1, 0.15) is 24.5 Å². The summed E-state index contributed by atoms with van der Waals surface area (Å²) in [6.07, 6.45) is 4.15. The molecule has 1 aromatic carbocycles. The number of sulfonamides is 1. The lowest BCUT2D eigenvalue weighted by molar-refractivity contribution is 0.588. The number of nitrogens with two attached hydrogens (primary N) is 1. The van der Waals surface area contributed by atoms with Gasteiger partial charge in [-0.05, 0) is 44.2 Å². The van der Waals surface area contributed by atoms with Crippen molar-refractivity contribution in [1.82, 2.24) is 14.5 Å². The van der Waals surface area contributed by atoms with Crippen LogP contribution in [-0.4, -0.2) is 25.2 Å². The average Bonchev–Trinajstić information content (AvgIpc) is 3.17. The van der Waals surface area contributed by atoms with Crippen molar-refractivity contribution in [1.29, 1.82) is 0 Å². The van der Waals surface area contributed by atoms with E-state index >= 15 is 0 Å². The first-order valence-corrected chi connectivity index (χ1v) is 7.88. The molecule has 1 aromatic heterocycles. The number of aromatic nitrogens is 2. The zero-order chi connectivity index (χ0) is 14.3. The molecule has 106 valence electrons. The molecular weight excluding hydrogens is 276 g/mol. The van der Waals surface area contributed by atoms with Crippen LogP contribution in [0.2, 0.25) is 0 Å². The Morgan fingerprint density at radius 2 is 2.10 bits per heavy atom. The van der Waals surface area contributed by atoms with E-state index in [9.17, 15) is 8.42 Å². The highest BCUT2D eigenvalue weighted by atomic mass is 32.2. The van der Waals surface area contributed by atoms with E-state index in [2.05, 4.69) is 9.82 Å². The molecule has 0 amide bonds. The van der Waals surface area contributed by atoms with Gasteiger partial charge in [0.1, 0.15) is 0 Å². The SMILES string of the molecule is CNS(=O)(=O)c1ccc(N)c(-n2ccc(C3CC3)n2)c1. The number of nitrogens with zero attached hydrogens (tertiary/aromatic N) is 2. The molecule has 0 bridgehead atoms.